The molecule has 1 aromatic heterocycles. The second kappa shape index (κ2) is 6.01. The highest BCUT2D eigenvalue weighted by Crippen LogP contribution is 2.10. The van der Waals surface area contributed by atoms with E-state index in [1.807, 2.05) is 26.8 Å². The van der Waals surface area contributed by atoms with Gasteiger partial charge in [-0.25, -0.2) is 0 Å². The summed E-state index contributed by atoms with van der Waals surface area (Å²) in [6.07, 6.45) is 0.945. The number of nitrogens with one attached hydrogen (secondary N) is 1. The Morgan fingerprint density at radius 1 is 1.56 bits per heavy atom. The van der Waals surface area contributed by atoms with Crippen LogP contribution in [0.2, 0.25) is 0 Å². The van der Waals surface area contributed by atoms with E-state index in [0.717, 1.165) is 13.0 Å². The van der Waals surface area contributed by atoms with Gasteiger partial charge in [0.15, 0.2) is 0 Å². The van der Waals surface area contributed by atoms with Gasteiger partial charge in [0.25, 0.3) is 0 Å². The summed E-state index contributed by atoms with van der Waals surface area (Å²) in [6, 6.07) is 4.14. The summed E-state index contributed by atoms with van der Waals surface area (Å²) in [5.74, 6) is -0.193. The molecule has 0 aliphatic rings. The largest absolute Gasteiger partial charge is 0.465 e. The summed E-state index contributed by atoms with van der Waals surface area (Å²) in [5.41, 5.74) is -0.604. The zero-order valence-electron chi connectivity index (χ0n) is 10.1. The number of thiophene rings is 1. The summed E-state index contributed by atoms with van der Waals surface area (Å²) < 4.78 is 5.00. The van der Waals surface area contributed by atoms with Crippen LogP contribution in [0.25, 0.3) is 0 Å². The number of carbonyl (C=O) groups excluding carboxylic acids is 1. The highest BCUT2D eigenvalue weighted by molar-refractivity contribution is 7.09. The first-order valence-electron chi connectivity index (χ1n) is 5.51. The van der Waals surface area contributed by atoms with Crippen molar-refractivity contribution in [3.05, 3.63) is 22.4 Å². The second-order valence-electron chi connectivity index (χ2n) is 4.10. The lowest BCUT2D eigenvalue weighted by Crippen LogP contribution is -2.48. The molecule has 0 aliphatic heterocycles. The Hall–Kier alpha value is -0.870. The zero-order valence-corrected chi connectivity index (χ0v) is 10.9. The monoisotopic (exact) mass is 241 g/mol. The molecule has 0 aliphatic carbocycles. The van der Waals surface area contributed by atoms with E-state index in [9.17, 15) is 4.79 Å². The molecule has 1 heterocycles. The fourth-order valence-electron chi connectivity index (χ4n) is 1.34. The summed E-state index contributed by atoms with van der Waals surface area (Å²) >= 11 is 1.74. The Morgan fingerprint density at radius 2 is 2.31 bits per heavy atom. The van der Waals surface area contributed by atoms with E-state index in [0.29, 0.717) is 6.61 Å². The molecule has 0 atom stereocenters. The van der Waals surface area contributed by atoms with Crippen LogP contribution in [0.5, 0.6) is 0 Å². The molecule has 0 aromatic carbocycles. The lowest BCUT2D eigenvalue weighted by molar-refractivity contribution is -0.149. The predicted octanol–water partition coefficient (Wildman–Crippen LogP) is 2.22. The van der Waals surface area contributed by atoms with Crippen LogP contribution in [0.1, 0.15) is 25.6 Å². The molecular formula is C12H19NO2S. The lowest BCUT2D eigenvalue weighted by Gasteiger charge is -2.23. The molecule has 0 radical (unpaired) electrons. The van der Waals surface area contributed by atoms with E-state index < -0.39 is 5.54 Å². The quantitative estimate of drug-likeness (QED) is 0.776. The Kier molecular flexibility index (Phi) is 4.96. The fourth-order valence-corrected chi connectivity index (χ4v) is 2.05. The van der Waals surface area contributed by atoms with Crippen molar-refractivity contribution in [2.75, 3.05) is 13.2 Å². The summed E-state index contributed by atoms with van der Waals surface area (Å²) in [4.78, 5) is 12.9. The van der Waals surface area contributed by atoms with Gasteiger partial charge in [0.2, 0.25) is 0 Å². The van der Waals surface area contributed by atoms with Gasteiger partial charge in [0.05, 0.1) is 6.61 Å². The summed E-state index contributed by atoms with van der Waals surface area (Å²) in [5, 5.41) is 5.28. The second-order valence-corrected chi connectivity index (χ2v) is 5.13. The Morgan fingerprint density at radius 3 is 2.88 bits per heavy atom. The van der Waals surface area contributed by atoms with Crippen molar-refractivity contribution in [2.45, 2.75) is 32.7 Å². The van der Waals surface area contributed by atoms with Crippen LogP contribution < -0.4 is 5.32 Å². The van der Waals surface area contributed by atoms with Crippen LogP contribution in [0.3, 0.4) is 0 Å². The molecule has 0 fully saturated rings. The topological polar surface area (TPSA) is 38.3 Å². The molecule has 0 amide bonds. The molecule has 0 bridgehead atoms. The first-order chi connectivity index (χ1) is 7.56. The van der Waals surface area contributed by atoms with Crippen molar-refractivity contribution in [3.63, 3.8) is 0 Å². The third-order valence-corrected chi connectivity index (χ3v) is 3.24. The molecule has 0 unspecified atom stereocenters. The van der Waals surface area contributed by atoms with Crippen molar-refractivity contribution in [3.8, 4) is 0 Å². The minimum absolute atomic E-state index is 0.193. The molecule has 0 saturated heterocycles. The maximum Gasteiger partial charge on any atom is 0.325 e. The average molecular weight is 241 g/mol. The number of esters is 1. The van der Waals surface area contributed by atoms with E-state index in [1.54, 1.807) is 11.3 Å². The Labute approximate surface area is 101 Å². The van der Waals surface area contributed by atoms with E-state index in [2.05, 4.69) is 16.8 Å². The van der Waals surface area contributed by atoms with Crippen molar-refractivity contribution in [1.82, 2.24) is 5.32 Å². The summed E-state index contributed by atoms with van der Waals surface area (Å²) in [7, 11) is 0. The molecule has 4 heteroatoms. The van der Waals surface area contributed by atoms with Crippen LogP contribution in [0.4, 0.5) is 0 Å². The van der Waals surface area contributed by atoms with Crippen LogP contribution in [0, 0.1) is 0 Å². The number of ether oxygens (including phenoxy) is 1. The number of carbonyl (C=O) groups is 1. The zero-order chi connectivity index (χ0) is 12.0. The smallest absolute Gasteiger partial charge is 0.325 e. The molecule has 0 saturated carbocycles. The van der Waals surface area contributed by atoms with Gasteiger partial charge in [-0.2, -0.15) is 0 Å². The minimum Gasteiger partial charge on any atom is -0.465 e. The minimum atomic E-state index is -0.604. The Balaban J connectivity index is 2.33. The molecule has 0 spiro atoms. The highest BCUT2D eigenvalue weighted by Gasteiger charge is 2.27. The molecule has 16 heavy (non-hydrogen) atoms. The number of rotatable bonds is 6. The number of hydrogen-bond acceptors (Lipinski definition) is 4. The standard InChI is InChI=1S/C12H19NO2S/c1-4-15-11(14)12(2,3)13-8-7-10-6-5-9-16-10/h5-6,9,13H,4,7-8H2,1-3H3. The predicted molar refractivity (Wildman–Crippen MR) is 66.7 cm³/mol. The van der Waals surface area contributed by atoms with Gasteiger partial charge < -0.3 is 10.1 Å². The number of hydrogen-bond donors (Lipinski definition) is 1. The van der Waals surface area contributed by atoms with E-state index in [1.165, 1.54) is 4.88 Å². The van der Waals surface area contributed by atoms with Gasteiger partial charge in [-0.3, -0.25) is 4.79 Å². The molecule has 1 rings (SSSR count). The molecule has 1 aromatic rings. The van der Waals surface area contributed by atoms with Gasteiger partial charge in [-0.05, 0) is 38.6 Å². The average Bonchev–Trinajstić information content (AvgIpc) is 2.70. The van der Waals surface area contributed by atoms with Gasteiger partial charge in [-0.1, -0.05) is 6.07 Å². The first kappa shape index (κ1) is 13.2. The van der Waals surface area contributed by atoms with E-state index >= 15 is 0 Å². The molecule has 3 nitrogen and oxygen atoms in total. The van der Waals surface area contributed by atoms with Gasteiger partial charge in [0, 0.05) is 11.4 Å². The van der Waals surface area contributed by atoms with Crippen molar-refractivity contribution < 1.29 is 9.53 Å². The van der Waals surface area contributed by atoms with Crippen LogP contribution in [0.15, 0.2) is 17.5 Å². The van der Waals surface area contributed by atoms with Gasteiger partial charge >= 0.3 is 5.97 Å². The van der Waals surface area contributed by atoms with Gasteiger partial charge in [-0.15, -0.1) is 11.3 Å². The highest BCUT2D eigenvalue weighted by atomic mass is 32.1. The van der Waals surface area contributed by atoms with Crippen molar-refractivity contribution in [2.24, 2.45) is 0 Å². The molecule has 1 N–H and O–H groups in total. The van der Waals surface area contributed by atoms with E-state index in [4.69, 9.17) is 4.74 Å². The van der Waals surface area contributed by atoms with E-state index in [-0.39, 0.29) is 5.97 Å². The molecular weight excluding hydrogens is 222 g/mol. The third-order valence-electron chi connectivity index (χ3n) is 2.30. The van der Waals surface area contributed by atoms with Crippen LogP contribution in [-0.2, 0) is 16.0 Å². The Bertz CT molecular complexity index is 320. The van der Waals surface area contributed by atoms with Crippen molar-refractivity contribution >= 4 is 17.3 Å². The van der Waals surface area contributed by atoms with Crippen LogP contribution in [-0.4, -0.2) is 24.7 Å². The maximum atomic E-state index is 11.6. The lowest BCUT2D eigenvalue weighted by atomic mass is 10.1. The normalized spacial score (nSPS) is 11.4. The van der Waals surface area contributed by atoms with Gasteiger partial charge in [0.1, 0.15) is 5.54 Å². The molecule has 90 valence electrons. The summed E-state index contributed by atoms with van der Waals surface area (Å²) in [6.45, 7) is 6.72. The third kappa shape index (κ3) is 3.94. The SMILES string of the molecule is CCOC(=O)C(C)(C)NCCc1cccs1. The van der Waals surface area contributed by atoms with Crippen molar-refractivity contribution in [1.29, 1.82) is 0 Å². The van der Waals surface area contributed by atoms with Crippen LogP contribution >= 0.6 is 11.3 Å². The first-order valence-corrected chi connectivity index (χ1v) is 6.39. The maximum absolute atomic E-state index is 11.6. The fraction of sp³-hybridized carbons (Fsp3) is 0.583.